The summed E-state index contributed by atoms with van der Waals surface area (Å²) in [5.74, 6) is -0.0711. The zero-order chi connectivity index (χ0) is 17.2. The number of benzene rings is 1. The third kappa shape index (κ3) is 4.03. The molecule has 2 amide bonds. The molecule has 5 nitrogen and oxygen atoms in total. The molecular formula is C18H22ClN3O2S. The fourth-order valence-corrected chi connectivity index (χ4v) is 3.55. The molecule has 1 aromatic heterocycles. The Morgan fingerprint density at radius 3 is 2.20 bits per heavy atom. The molecule has 2 N–H and O–H groups in total. The van der Waals surface area contributed by atoms with Gasteiger partial charge in [-0.25, -0.2) is 0 Å². The highest BCUT2D eigenvalue weighted by Gasteiger charge is 2.36. The molecule has 2 heterocycles. The van der Waals surface area contributed by atoms with E-state index in [2.05, 4.69) is 0 Å². The molecule has 1 saturated heterocycles. The molecule has 1 aliphatic heterocycles. The third-order valence-corrected chi connectivity index (χ3v) is 5.12. The molecule has 25 heavy (non-hydrogen) atoms. The van der Waals surface area contributed by atoms with Crippen molar-refractivity contribution in [1.82, 2.24) is 9.80 Å². The van der Waals surface area contributed by atoms with Gasteiger partial charge in [0.05, 0.1) is 5.56 Å². The fourth-order valence-electron chi connectivity index (χ4n) is 2.92. The Balaban J connectivity index is 0.00000225. The van der Waals surface area contributed by atoms with E-state index in [1.165, 1.54) is 11.3 Å². The van der Waals surface area contributed by atoms with Gasteiger partial charge >= 0.3 is 0 Å². The van der Waals surface area contributed by atoms with E-state index in [0.717, 1.165) is 5.56 Å². The lowest BCUT2D eigenvalue weighted by molar-refractivity contribution is -0.138. The topological polar surface area (TPSA) is 66.6 Å². The highest BCUT2D eigenvalue weighted by Crippen LogP contribution is 2.21. The van der Waals surface area contributed by atoms with Crippen LogP contribution < -0.4 is 5.73 Å². The van der Waals surface area contributed by atoms with Crippen LogP contribution >= 0.6 is 23.7 Å². The Labute approximate surface area is 157 Å². The van der Waals surface area contributed by atoms with Crippen molar-refractivity contribution >= 4 is 35.6 Å². The number of nitrogens with zero attached hydrogens (tertiary/aromatic N) is 2. The molecule has 1 aliphatic rings. The summed E-state index contributed by atoms with van der Waals surface area (Å²) in [5.41, 5.74) is 6.77. The molecule has 3 rings (SSSR count). The van der Waals surface area contributed by atoms with E-state index in [1.807, 2.05) is 47.2 Å². The molecule has 0 saturated carbocycles. The maximum atomic E-state index is 12.8. The minimum absolute atomic E-state index is 0. The number of carbonyl (C=O) groups excluding carboxylic acids is 2. The van der Waals surface area contributed by atoms with Gasteiger partial charge in [-0.3, -0.25) is 9.59 Å². The number of hydrogen-bond donors (Lipinski definition) is 1. The molecular weight excluding hydrogens is 358 g/mol. The monoisotopic (exact) mass is 379 g/mol. The maximum absolute atomic E-state index is 12.8. The zero-order valence-corrected chi connectivity index (χ0v) is 15.7. The minimum Gasteiger partial charge on any atom is -0.337 e. The van der Waals surface area contributed by atoms with Gasteiger partial charge in [-0.2, -0.15) is 11.3 Å². The van der Waals surface area contributed by atoms with Gasteiger partial charge in [0.1, 0.15) is 5.54 Å². The van der Waals surface area contributed by atoms with Crippen LogP contribution in [0.15, 0.2) is 47.2 Å². The molecule has 1 aromatic carbocycles. The number of carbonyl (C=O) groups is 2. The first kappa shape index (κ1) is 19.4. The highest BCUT2D eigenvalue weighted by atomic mass is 35.5. The number of rotatable bonds is 3. The zero-order valence-electron chi connectivity index (χ0n) is 14.1. The Morgan fingerprint density at radius 1 is 1.04 bits per heavy atom. The van der Waals surface area contributed by atoms with Crippen molar-refractivity contribution in [1.29, 1.82) is 0 Å². The van der Waals surface area contributed by atoms with Crippen LogP contribution in [0.2, 0.25) is 0 Å². The first-order valence-electron chi connectivity index (χ1n) is 7.95. The molecule has 7 heteroatoms. The van der Waals surface area contributed by atoms with E-state index in [-0.39, 0.29) is 24.2 Å². The SMILES string of the molecule is CC(N)(C(=O)N1CCN(C(=O)c2ccsc2)CC1)c1ccccc1.Cl. The van der Waals surface area contributed by atoms with Crippen molar-refractivity contribution in [3.63, 3.8) is 0 Å². The first-order valence-corrected chi connectivity index (χ1v) is 8.89. The van der Waals surface area contributed by atoms with Gasteiger partial charge in [0.15, 0.2) is 0 Å². The van der Waals surface area contributed by atoms with Crippen LogP contribution in [-0.2, 0) is 10.3 Å². The Morgan fingerprint density at radius 2 is 1.64 bits per heavy atom. The van der Waals surface area contributed by atoms with Gasteiger partial charge in [-0.1, -0.05) is 30.3 Å². The smallest absolute Gasteiger partial charge is 0.254 e. The molecule has 1 atom stereocenters. The number of nitrogens with two attached hydrogens (primary N) is 1. The van der Waals surface area contributed by atoms with Crippen molar-refractivity contribution in [2.24, 2.45) is 5.73 Å². The molecule has 134 valence electrons. The van der Waals surface area contributed by atoms with Crippen LogP contribution in [0.5, 0.6) is 0 Å². The van der Waals surface area contributed by atoms with E-state index >= 15 is 0 Å². The van der Waals surface area contributed by atoms with Crippen molar-refractivity contribution in [2.45, 2.75) is 12.5 Å². The molecule has 1 unspecified atom stereocenters. The van der Waals surface area contributed by atoms with Gasteiger partial charge in [0.25, 0.3) is 5.91 Å². The fraction of sp³-hybridized carbons (Fsp3) is 0.333. The van der Waals surface area contributed by atoms with Gasteiger partial charge in [0.2, 0.25) is 5.91 Å². The second-order valence-corrected chi connectivity index (χ2v) is 6.94. The van der Waals surface area contributed by atoms with E-state index in [4.69, 9.17) is 5.73 Å². The van der Waals surface area contributed by atoms with E-state index in [0.29, 0.717) is 31.7 Å². The Hall–Kier alpha value is -1.89. The molecule has 0 spiro atoms. The Bertz CT molecular complexity index is 711. The summed E-state index contributed by atoms with van der Waals surface area (Å²) < 4.78 is 0. The van der Waals surface area contributed by atoms with Crippen molar-refractivity contribution in [3.8, 4) is 0 Å². The second kappa shape index (κ2) is 7.99. The largest absolute Gasteiger partial charge is 0.337 e. The molecule has 0 aliphatic carbocycles. The number of piperazine rings is 1. The predicted octanol–water partition coefficient (Wildman–Crippen LogP) is 2.33. The van der Waals surface area contributed by atoms with Crippen molar-refractivity contribution < 1.29 is 9.59 Å². The summed E-state index contributed by atoms with van der Waals surface area (Å²) in [5, 5.41) is 3.75. The van der Waals surface area contributed by atoms with Crippen LogP contribution in [-0.4, -0.2) is 47.8 Å². The van der Waals surface area contributed by atoms with Gasteiger partial charge in [-0.05, 0) is 23.9 Å². The predicted molar refractivity (Wildman–Crippen MR) is 102 cm³/mol. The molecule has 1 fully saturated rings. The maximum Gasteiger partial charge on any atom is 0.254 e. The standard InChI is InChI=1S/C18H21N3O2S.ClH/c1-18(19,15-5-3-2-4-6-15)17(23)21-10-8-20(9-11-21)16(22)14-7-12-24-13-14;/h2-7,12-13H,8-11,19H2,1H3;1H. The minimum atomic E-state index is -1.05. The third-order valence-electron chi connectivity index (χ3n) is 4.44. The van der Waals surface area contributed by atoms with Gasteiger partial charge in [0, 0.05) is 31.6 Å². The number of halogens is 1. The van der Waals surface area contributed by atoms with Gasteiger partial charge < -0.3 is 15.5 Å². The molecule has 0 radical (unpaired) electrons. The summed E-state index contributed by atoms with van der Waals surface area (Å²) in [4.78, 5) is 28.7. The van der Waals surface area contributed by atoms with Crippen LogP contribution in [0.1, 0.15) is 22.8 Å². The average molecular weight is 380 g/mol. The van der Waals surface area contributed by atoms with Crippen LogP contribution in [0, 0.1) is 0 Å². The number of thiophene rings is 1. The van der Waals surface area contributed by atoms with E-state index in [1.54, 1.807) is 16.7 Å². The Kier molecular flexibility index (Phi) is 6.21. The average Bonchev–Trinajstić information content (AvgIpc) is 3.16. The van der Waals surface area contributed by atoms with Crippen LogP contribution in [0.4, 0.5) is 0 Å². The summed E-state index contributed by atoms with van der Waals surface area (Å²) in [6.45, 7) is 3.83. The highest BCUT2D eigenvalue weighted by molar-refractivity contribution is 7.08. The van der Waals surface area contributed by atoms with Crippen molar-refractivity contribution in [3.05, 3.63) is 58.3 Å². The lowest BCUT2D eigenvalue weighted by Crippen LogP contribution is -2.57. The number of hydrogen-bond acceptors (Lipinski definition) is 4. The molecule has 2 aromatic rings. The lowest BCUT2D eigenvalue weighted by atomic mass is 9.91. The van der Waals surface area contributed by atoms with Crippen molar-refractivity contribution in [2.75, 3.05) is 26.2 Å². The first-order chi connectivity index (χ1) is 11.5. The van der Waals surface area contributed by atoms with Crippen LogP contribution in [0.25, 0.3) is 0 Å². The van der Waals surface area contributed by atoms with E-state index in [9.17, 15) is 9.59 Å². The van der Waals surface area contributed by atoms with Crippen LogP contribution in [0.3, 0.4) is 0 Å². The number of amides is 2. The molecule has 0 bridgehead atoms. The van der Waals surface area contributed by atoms with E-state index < -0.39 is 5.54 Å². The second-order valence-electron chi connectivity index (χ2n) is 6.16. The van der Waals surface area contributed by atoms with Gasteiger partial charge in [-0.15, -0.1) is 12.4 Å². The normalized spacial score (nSPS) is 16.7. The summed E-state index contributed by atoms with van der Waals surface area (Å²) in [6.07, 6.45) is 0. The summed E-state index contributed by atoms with van der Waals surface area (Å²) in [6, 6.07) is 11.2. The summed E-state index contributed by atoms with van der Waals surface area (Å²) in [7, 11) is 0. The quantitative estimate of drug-likeness (QED) is 0.890. The summed E-state index contributed by atoms with van der Waals surface area (Å²) >= 11 is 1.51. The lowest BCUT2D eigenvalue weighted by Gasteiger charge is -2.38.